The summed E-state index contributed by atoms with van der Waals surface area (Å²) in [6.07, 6.45) is 1.44. The van der Waals surface area contributed by atoms with E-state index in [9.17, 15) is 4.79 Å². The van der Waals surface area contributed by atoms with Gasteiger partial charge in [0.15, 0.2) is 17.2 Å². The van der Waals surface area contributed by atoms with Gasteiger partial charge in [0, 0.05) is 12.1 Å². The standard InChI is InChI=1S/C20H27N9O5/c1-6-28(7-2)11-13-16(23-27-29(13)19-18(21)25-34-26-19)20(30)24-22-10-12-8-14(31-3)17(33-5)15(9-12)32-4/h8-10H,6-7,11H2,1-5H3,(H2,21,25)(H,24,30)/b22-10+. The van der Waals surface area contributed by atoms with Gasteiger partial charge < -0.3 is 19.9 Å². The van der Waals surface area contributed by atoms with E-state index in [1.165, 1.54) is 32.2 Å². The molecule has 0 saturated heterocycles. The smallest absolute Gasteiger partial charge is 0.293 e. The second-order valence-corrected chi connectivity index (χ2v) is 6.89. The number of carbonyl (C=O) groups is 1. The Labute approximate surface area is 195 Å². The van der Waals surface area contributed by atoms with Crippen LogP contribution in [0.2, 0.25) is 0 Å². The first-order valence-corrected chi connectivity index (χ1v) is 10.4. The maximum Gasteiger partial charge on any atom is 0.293 e. The number of carbonyl (C=O) groups excluding carboxylic acids is 1. The molecule has 3 rings (SSSR count). The van der Waals surface area contributed by atoms with Crippen LogP contribution < -0.4 is 25.4 Å². The van der Waals surface area contributed by atoms with Gasteiger partial charge in [0.1, 0.15) is 0 Å². The molecule has 0 aliphatic rings. The second-order valence-electron chi connectivity index (χ2n) is 6.89. The molecule has 0 fully saturated rings. The maximum absolute atomic E-state index is 12.9. The number of hydrogen-bond donors (Lipinski definition) is 2. The summed E-state index contributed by atoms with van der Waals surface area (Å²) >= 11 is 0. The van der Waals surface area contributed by atoms with Crippen LogP contribution in [0, 0.1) is 0 Å². The fourth-order valence-corrected chi connectivity index (χ4v) is 3.18. The Morgan fingerprint density at radius 2 is 1.85 bits per heavy atom. The van der Waals surface area contributed by atoms with Crippen molar-refractivity contribution in [2.75, 3.05) is 40.2 Å². The summed E-state index contributed by atoms with van der Waals surface area (Å²) in [5.74, 6) is 0.973. The molecule has 0 atom stereocenters. The fraction of sp³-hybridized carbons (Fsp3) is 0.400. The van der Waals surface area contributed by atoms with Crippen LogP contribution in [0.1, 0.15) is 35.6 Å². The summed E-state index contributed by atoms with van der Waals surface area (Å²) < 4.78 is 22.0. The molecule has 0 spiro atoms. The van der Waals surface area contributed by atoms with Crippen LogP contribution in [-0.4, -0.2) is 76.7 Å². The number of nitrogen functional groups attached to an aromatic ring is 1. The quantitative estimate of drug-likeness (QED) is 0.299. The molecule has 2 heterocycles. The molecule has 34 heavy (non-hydrogen) atoms. The first-order chi connectivity index (χ1) is 16.5. The van der Waals surface area contributed by atoms with Crippen LogP contribution in [0.3, 0.4) is 0 Å². The van der Waals surface area contributed by atoms with E-state index < -0.39 is 5.91 Å². The number of hydrogen-bond acceptors (Lipinski definition) is 12. The molecule has 0 radical (unpaired) electrons. The van der Waals surface area contributed by atoms with Crippen molar-refractivity contribution in [2.24, 2.45) is 5.10 Å². The van der Waals surface area contributed by atoms with Crippen molar-refractivity contribution in [3.05, 3.63) is 29.1 Å². The average Bonchev–Trinajstić information content (AvgIpc) is 3.46. The molecule has 0 bridgehead atoms. The van der Waals surface area contributed by atoms with Gasteiger partial charge in [-0.1, -0.05) is 19.1 Å². The SMILES string of the molecule is CCN(CC)Cc1c(C(=O)N/N=C/c2cc(OC)c(OC)c(OC)c2)nnn1-c1nonc1N. The fourth-order valence-electron chi connectivity index (χ4n) is 3.18. The first-order valence-electron chi connectivity index (χ1n) is 10.4. The van der Waals surface area contributed by atoms with E-state index in [4.69, 9.17) is 19.9 Å². The lowest BCUT2D eigenvalue weighted by atomic mass is 10.2. The highest BCUT2D eigenvalue weighted by Gasteiger charge is 2.25. The molecule has 0 aliphatic carbocycles. The third-order valence-corrected chi connectivity index (χ3v) is 5.01. The minimum absolute atomic E-state index is 0.0260. The number of nitrogens with two attached hydrogens (primary N) is 1. The predicted octanol–water partition coefficient (Wildman–Crippen LogP) is 0.864. The molecule has 0 unspecified atom stereocenters. The second kappa shape index (κ2) is 11.1. The van der Waals surface area contributed by atoms with Crippen molar-refractivity contribution in [1.29, 1.82) is 0 Å². The molecular weight excluding hydrogens is 446 g/mol. The molecule has 14 heteroatoms. The highest BCUT2D eigenvalue weighted by molar-refractivity contribution is 5.94. The zero-order valence-electron chi connectivity index (χ0n) is 19.6. The van der Waals surface area contributed by atoms with Gasteiger partial charge in [-0.2, -0.15) is 9.78 Å². The number of nitrogens with zero attached hydrogens (tertiary/aromatic N) is 7. The Morgan fingerprint density at radius 1 is 1.18 bits per heavy atom. The van der Waals surface area contributed by atoms with Gasteiger partial charge in [0.25, 0.3) is 5.91 Å². The Bertz CT molecular complexity index is 1130. The third-order valence-electron chi connectivity index (χ3n) is 5.01. The van der Waals surface area contributed by atoms with Crippen LogP contribution in [0.15, 0.2) is 21.9 Å². The molecule has 3 aromatic rings. The first kappa shape index (κ1) is 24.4. The average molecular weight is 473 g/mol. The number of rotatable bonds is 11. The van der Waals surface area contributed by atoms with Crippen LogP contribution >= 0.6 is 0 Å². The van der Waals surface area contributed by atoms with Gasteiger partial charge in [-0.3, -0.25) is 9.69 Å². The zero-order chi connectivity index (χ0) is 24.7. The van der Waals surface area contributed by atoms with Gasteiger partial charge in [0.05, 0.1) is 33.2 Å². The summed E-state index contributed by atoms with van der Waals surface area (Å²) in [5.41, 5.74) is 9.42. The van der Waals surface area contributed by atoms with Gasteiger partial charge in [-0.25, -0.2) is 10.1 Å². The van der Waals surface area contributed by atoms with Gasteiger partial charge in [0.2, 0.25) is 17.4 Å². The number of hydrazone groups is 1. The van der Waals surface area contributed by atoms with E-state index >= 15 is 0 Å². The largest absolute Gasteiger partial charge is 0.493 e. The Morgan fingerprint density at radius 3 is 2.38 bits per heavy atom. The molecule has 1 aromatic carbocycles. The van der Waals surface area contributed by atoms with E-state index in [-0.39, 0.29) is 17.3 Å². The van der Waals surface area contributed by atoms with Crippen LogP contribution in [0.5, 0.6) is 17.2 Å². The Balaban J connectivity index is 1.87. The molecular formula is C20H27N9O5. The van der Waals surface area contributed by atoms with Crippen molar-refractivity contribution in [1.82, 2.24) is 35.6 Å². The van der Waals surface area contributed by atoms with Crippen molar-refractivity contribution in [3.63, 3.8) is 0 Å². The summed E-state index contributed by atoms with van der Waals surface area (Å²) in [4.78, 5) is 15.0. The van der Waals surface area contributed by atoms with Crippen LogP contribution in [-0.2, 0) is 6.54 Å². The predicted molar refractivity (Wildman–Crippen MR) is 121 cm³/mol. The van der Waals surface area contributed by atoms with Crippen molar-refractivity contribution in [3.8, 4) is 23.1 Å². The van der Waals surface area contributed by atoms with E-state index in [0.29, 0.717) is 35.1 Å². The van der Waals surface area contributed by atoms with E-state index in [2.05, 4.69) is 40.7 Å². The summed E-state index contributed by atoms with van der Waals surface area (Å²) in [7, 11) is 4.54. The summed E-state index contributed by atoms with van der Waals surface area (Å²) in [5, 5.41) is 19.4. The molecule has 14 nitrogen and oxygen atoms in total. The number of aromatic nitrogens is 5. The monoisotopic (exact) mass is 473 g/mol. The lowest BCUT2D eigenvalue weighted by Crippen LogP contribution is -2.27. The number of benzene rings is 1. The Hall–Kier alpha value is -4.20. The number of anilines is 1. The van der Waals surface area contributed by atoms with Crippen LogP contribution in [0.4, 0.5) is 5.82 Å². The van der Waals surface area contributed by atoms with E-state index in [1.807, 2.05) is 13.8 Å². The van der Waals surface area contributed by atoms with Gasteiger partial charge >= 0.3 is 0 Å². The molecule has 182 valence electrons. The lowest BCUT2D eigenvalue weighted by molar-refractivity contribution is 0.0948. The van der Waals surface area contributed by atoms with E-state index in [0.717, 1.165) is 13.1 Å². The Kier molecular flexibility index (Phi) is 7.97. The van der Waals surface area contributed by atoms with Gasteiger partial charge in [-0.15, -0.1) is 5.10 Å². The van der Waals surface area contributed by atoms with Crippen molar-refractivity contribution >= 4 is 17.9 Å². The number of ether oxygens (including phenoxy) is 3. The molecule has 0 saturated carbocycles. The minimum Gasteiger partial charge on any atom is -0.493 e. The summed E-state index contributed by atoms with van der Waals surface area (Å²) in [6, 6.07) is 3.39. The number of amides is 1. The highest BCUT2D eigenvalue weighted by atomic mass is 16.6. The zero-order valence-corrected chi connectivity index (χ0v) is 19.6. The third kappa shape index (κ3) is 5.06. The lowest BCUT2D eigenvalue weighted by Gasteiger charge is -2.18. The maximum atomic E-state index is 12.9. The highest BCUT2D eigenvalue weighted by Crippen LogP contribution is 2.37. The molecule has 2 aromatic heterocycles. The van der Waals surface area contributed by atoms with Crippen molar-refractivity contribution < 1.29 is 23.6 Å². The summed E-state index contributed by atoms with van der Waals surface area (Å²) in [6.45, 7) is 5.87. The molecule has 1 amide bonds. The number of nitrogens with one attached hydrogen (secondary N) is 1. The van der Waals surface area contributed by atoms with Crippen molar-refractivity contribution in [2.45, 2.75) is 20.4 Å². The minimum atomic E-state index is -0.563. The van der Waals surface area contributed by atoms with E-state index in [1.54, 1.807) is 12.1 Å². The molecule has 3 N–H and O–H groups in total. The van der Waals surface area contributed by atoms with Gasteiger partial charge in [-0.05, 0) is 35.5 Å². The normalized spacial score (nSPS) is 11.2. The topological polar surface area (TPSA) is 168 Å². The van der Waals surface area contributed by atoms with Crippen LogP contribution in [0.25, 0.3) is 5.82 Å². The molecule has 0 aliphatic heterocycles. The number of methoxy groups -OCH3 is 3.